The number of fused-ring (bicyclic) bond motifs is 1. The van der Waals surface area contributed by atoms with Crippen molar-refractivity contribution < 1.29 is 24.2 Å². The van der Waals surface area contributed by atoms with Crippen molar-refractivity contribution in [1.29, 1.82) is 0 Å². The van der Waals surface area contributed by atoms with Crippen molar-refractivity contribution in [3.05, 3.63) is 11.8 Å². The van der Waals surface area contributed by atoms with E-state index in [9.17, 15) is 9.59 Å². The highest BCUT2D eigenvalue weighted by molar-refractivity contribution is 5.87. The molecule has 4 atom stereocenters. The fourth-order valence-corrected chi connectivity index (χ4v) is 3.83. The molecule has 2 aliphatic heterocycles. The predicted molar refractivity (Wildman–Crippen MR) is 65.2 cm³/mol. The minimum atomic E-state index is -0.579. The second-order valence-corrected chi connectivity index (χ2v) is 6.09. The Bertz CT molecular complexity index is 455. The maximum Gasteiger partial charge on any atom is 0.337 e. The summed E-state index contributed by atoms with van der Waals surface area (Å²) >= 11 is 0. The number of carbonyl (C=O) groups is 2. The number of carbonyl (C=O) groups excluding carboxylic acids is 2. The van der Waals surface area contributed by atoms with E-state index in [0.29, 0.717) is 18.8 Å². The number of rotatable bonds is 2. The van der Waals surface area contributed by atoms with Crippen LogP contribution < -0.4 is 0 Å². The van der Waals surface area contributed by atoms with Gasteiger partial charge in [-0.3, -0.25) is 4.79 Å². The molecule has 0 amide bonds. The van der Waals surface area contributed by atoms with Crippen molar-refractivity contribution >= 4 is 11.9 Å². The monoisotopic (exact) mass is 266 g/mol. The molecule has 5 nitrogen and oxygen atoms in total. The van der Waals surface area contributed by atoms with Gasteiger partial charge in [0.15, 0.2) is 0 Å². The van der Waals surface area contributed by atoms with Gasteiger partial charge in [0.05, 0.1) is 17.8 Å². The van der Waals surface area contributed by atoms with Gasteiger partial charge in [-0.1, -0.05) is 0 Å². The van der Waals surface area contributed by atoms with Crippen molar-refractivity contribution in [3.8, 4) is 0 Å². The largest absolute Gasteiger partial charge is 0.515 e. The van der Waals surface area contributed by atoms with Crippen LogP contribution in [0.5, 0.6) is 0 Å². The zero-order chi connectivity index (χ0) is 13.6. The molecular formula is C14H18O5. The van der Waals surface area contributed by atoms with Crippen LogP contribution in [0.1, 0.15) is 39.0 Å². The zero-order valence-corrected chi connectivity index (χ0v) is 10.9. The van der Waals surface area contributed by atoms with Crippen LogP contribution >= 0.6 is 0 Å². The molecule has 4 fully saturated rings. The lowest BCUT2D eigenvalue weighted by atomic mass is 9.65. The van der Waals surface area contributed by atoms with Crippen LogP contribution in [0, 0.1) is 11.8 Å². The molecule has 2 saturated heterocycles. The molecular weight excluding hydrogens is 248 g/mol. The minimum Gasteiger partial charge on any atom is -0.515 e. The van der Waals surface area contributed by atoms with E-state index in [1.165, 1.54) is 6.92 Å². The molecule has 2 heterocycles. The Labute approximate surface area is 111 Å². The first-order chi connectivity index (χ1) is 9.01. The topological polar surface area (TPSA) is 72.8 Å². The maximum atomic E-state index is 11.9. The molecule has 4 unspecified atom stereocenters. The van der Waals surface area contributed by atoms with Crippen LogP contribution in [-0.2, 0) is 19.1 Å². The maximum absolute atomic E-state index is 11.9. The molecule has 0 aromatic carbocycles. The van der Waals surface area contributed by atoms with Gasteiger partial charge < -0.3 is 14.6 Å². The molecule has 2 saturated carbocycles. The van der Waals surface area contributed by atoms with Crippen molar-refractivity contribution in [3.63, 3.8) is 0 Å². The van der Waals surface area contributed by atoms with Gasteiger partial charge >= 0.3 is 11.9 Å². The summed E-state index contributed by atoms with van der Waals surface area (Å²) in [6.07, 6.45) is 4.34. The van der Waals surface area contributed by atoms with Crippen molar-refractivity contribution in [2.75, 3.05) is 0 Å². The average Bonchev–Trinajstić information content (AvgIpc) is 2.50. The Hall–Kier alpha value is -1.52. The third-order valence-corrected chi connectivity index (χ3v) is 4.53. The van der Waals surface area contributed by atoms with Crippen molar-refractivity contribution in [2.45, 2.75) is 50.7 Å². The van der Waals surface area contributed by atoms with E-state index in [1.807, 2.05) is 0 Å². The Morgan fingerprint density at radius 3 is 2.95 bits per heavy atom. The van der Waals surface area contributed by atoms with Crippen LogP contribution in [0.4, 0.5) is 0 Å². The van der Waals surface area contributed by atoms with Crippen molar-refractivity contribution in [1.82, 2.24) is 0 Å². The van der Waals surface area contributed by atoms with E-state index in [0.717, 1.165) is 25.5 Å². The molecule has 1 N–H and O–H groups in total. The van der Waals surface area contributed by atoms with Gasteiger partial charge in [0.2, 0.25) is 0 Å². The van der Waals surface area contributed by atoms with Crippen LogP contribution in [0.15, 0.2) is 11.8 Å². The first-order valence-electron chi connectivity index (χ1n) is 6.76. The Balaban J connectivity index is 1.84. The van der Waals surface area contributed by atoms with Crippen molar-refractivity contribution in [2.24, 2.45) is 11.8 Å². The Kier molecular flexibility index (Phi) is 2.80. The SMILES string of the molecule is C/C(=C\O)C(=O)OC12CC3CC(C1)OC(=O)C(C3)C2. The number of aliphatic hydroxyl groups excluding tert-OH is 1. The standard InChI is InChI=1S/C14H18O5/c1-8(7-15)12(16)19-14-4-9-2-10(5-14)13(17)18-11(3-9)6-14/h7,9-11,15H,2-6H2,1H3/b8-7+. The lowest BCUT2D eigenvalue weighted by molar-refractivity contribution is -0.169. The summed E-state index contributed by atoms with van der Waals surface area (Å²) in [4.78, 5) is 23.7. The molecule has 104 valence electrons. The van der Waals surface area contributed by atoms with Gasteiger partial charge in [-0.25, -0.2) is 4.79 Å². The summed E-state index contributed by atoms with van der Waals surface area (Å²) in [7, 11) is 0. The second kappa shape index (κ2) is 4.25. The molecule has 0 spiro atoms. The number of aliphatic hydroxyl groups is 1. The molecule has 2 aliphatic carbocycles. The highest BCUT2D eigenvalue weighted by Gasteiger charge is 2.54. The van der Waals surface area contributed by atoms with Crippen LogP contribution in [0.3, 0.4) is 0 Å². The first kappa shape index (κ1) is 12.5. The molecule has 4 aliphatic rings. The summed E-state index contributed by atoms with van der Waals surface area (Å²) in [5, 5.41) is 8.87. The molecule has 0 aromatic heterocycles. The third kappa shape index (κ3) is 2.11. The summed E-state index contributed by atoms with van der Waals surface area (Å²) in [6.45, 7) is 1.51. The lowest BCUT2D eigenvalue weighted by Gasteiger charge is -2.45. The highest BCUT2D eigenvalue weighted by atomic mass is 16.6. The summed E-state index contributed by atoms with van der Waals surface area (Å²) in [5.74, 6) is -0.385. The number of ether oxygens (including phenoxy) is 2. The van der Waals surface area contributed by atoms with Crippen LogP contribution in [0.2, 0.25) is 0 Å². The number of hydrogen-bond donors (Lipinski definition) is 1. The fourth-order valence-electron chi connectivity index (χ4n) is 3.83. The highest BCUT2D eigenvalue weighted by Crippen LogP contribution is 2.51. The van der Waals surface area contributed by atoms with Gasteiger partial charge in [-0.2, -0.15) is 0 Å². The lowest BCUT2D eigenvalue weighted by Crippen LogP contribution is -2.48. The summed E-state index contributed by atoms with van der Waals surface area (Å²) in [6, 6.07) is 0. The van der Waals surface area contributed by atoms with Crippen LogP contribution in [-0.4, -0.2) is 28.8 Å². The summed E-state index contributed by atoms with van der Waals surface area (Å²) < 4.78 is 11.1. The molecule has 5 heteroatoms. The van der Waals surface area contributed by atoms with E-state index in [4.69, 9.17) is 14.6 Å². The first-order valence-corrected chi connectivity index (χ1v) is 6.76. The Morgan fingerprint density at radius 1 is 1.42 bits per heavy atom. The van der Waals surface area contributed by atoms with Crippen LogP contribution in [0.25, 0.3) is 0 Å². The number of hydrogen-bond acceptors (Lipinski definition) is 5. The van der Waals surface area contributed by atoms with E-state index in [2.05, 4.69) is 0 Å². The Morgan fingerprint density at radius 2 is 2.21 bits per heavy atom. The molecule has 4 bridgehead atoms. The molecule has 19 heavy (non-hydrogen) atoms. The molecule has 0 aromatic rings. The predicted octanol–water partition coefficient (Wildman–Crippen LogP) is 1.87. The van der Waals surface area contributed by atoms with E-state index in [-0.39, 0.29) is 23.6 Å². The quantitative estimate of drug-likeness (QED) is 0.469. The number of esters is 2. The van der Waals surface area contributed by atoms with Gasteiger partial charge in [0.25, 0.3) is 0 Å². The van der Waals surface area contributed by atoms with Gasteiger partial charge in [-0.05, 0) is 32.1 Å². The van der Waals surface area contributed by atoms with Gasteiger partial charge in [0.1, 0.15) is 11.7 Å². The smallest absolute Gasteiger partial charge is 0.337 e. The third-order valence-electron chi connectivity index (χ3n) is 4.53. The van der Waals surface area contributed by atoms with E-state index in [1.54, 1.807) is 0 Å². The zero-order valence-electron chi connectivity index (χ0n) is 10.9. The fraction of sp³-hybridized carbons (Fsp3) is 0.714. The van der Waals surface area contributed by atoms with E-state index < -0.39 is 11.6 Å². The molecule has 4 rings (SSSR count). The van der Waals surface area contributed by atoms with Gasteiger partial charge in [0, 0.05) is 12.8 Å². The average molecular weight is 266 g/mol. The van der Waals surface area contributed by atoms with Gasteiger partial charge in [-0.15, -0.1) is 0 Å². The normalized spacial score (nSPS) is 40.8. The van der Waals surface area contributed by atoms with E-state index >= 15 is 0 Å². The summed E-state index contributed by atoms with van der Waals surface area (Å²) in [5.41, 5.74) is -0.397. The minimum absolute atomic E-state index is 0.120. The second-order valence-electron chi connectivity index (χ2n) is 6.09. The molecule has 0 radical (unpaired) electrons.